The van der Waals surface area contributed by atoms with E-state index in [1.165, 1.54) is 25.3 Å². The van der Waals surface area contributed by atoms with E-state index in [1.54, 1.807) is 18.2 Å². The number of benzene rings is 1. The summed E-state index contributed by atoms with van der Waals surface area (Å²) in [6.45, 7) is 1.99. The number of hydrogen-bond acceptors (Lipinski definition) is 4. The molecule has 0 spiro atoms. The van der Waals surface area contributed by atoms with Crippen molar-refractivity contribution in [3.8, 4) is 0 Å². The molecule has 0 unspecified atom stereocenters. The average molecular weight is 394 g/mol. The van der Waals surface area contributed by atoms with Crippen LogP contribution in [0, 0.1) is 0 Å². The Bertz CT molecular complexity index is 773. The number of sulfonamides is 1. The number of nitrogens with one attached hydrogen (secondary N) is 2. The van der Waals surface area contributed by atoms with E-state index in [1.807, 2.05) is 4.90 Å². The Morgan fingerprint density at radius 2 is 1.93 bits per heavy atom. The Morgan fingerprint density at radius 1 is 1.19 bits per heavy atom. The van der Waals surface area contributed by atoms with E-state index in [0.717, 1.165) is 37.8 Å². The zero-order chi connectivity index (χ0) is 19.7. The van der Waals surface area contributed by atoms with E-state index >= 15 is 0 Å². The molecule has 0 saturated carbocycles. The molecule has 0 atom stereocenters. The molecule has 1 heterocycles. The fourth-order valence-corrected chi connectivity index (χ4v) is 3.59. The van der Waals surface area contributed by atoms with Crippen LogP contribution < -0.4 is 10.0 Å². The third-order valence-electron chi connectivity index (χ3n) is 4.46. The highest BCUT2D eigenvalue weighted by molar-refractivity contribution is 7.89. The summed E-state index contributed by atoms with van der Waals surface area (Å²) < 4.78 is 25.6. The van der Waals surface area contributed by atoms with Crippen LogP contribution in [0.25, 0.3) is 6.08 Å². The van der Waals surface area contributed by atoms with Gasteiger partial charge in [-0.15, -0.1) is 0 Å². The van der Waals surface area contributed by atoms with Gasteiger partial charge in [0.15, 0.2) is 0 Å². The average Bonchev–Trinajstić information content (AvgIpc) is 2.88. The minimum Gasteiger partial charge on any atom is -0.352 e. The van der Waals surface area contributed by atoms with Gasteiger partial charge in [0, 0.05) is 32.1 Å². The second kappa shape index (κ2) is 10.2. The Balaban J connectivity index is 1.74. The SMILES string of the molecule is CNS(=O)(=O)c1ccc(/C=C/C(=O)NCCCN2CCCCCC2=O)cc1. The summed E-state index contributed by atoms with van der Waals surface area (Å²) in [6, 6.07) is 6.25. The van der Waals surface area contributed by atoms with Gasteiger partial charge in [0.05, 0.1) is 4.90 Å². The Morgan fingerprint density at radius 3 is 2.63 bits per heavy atom. The molecule has 1 aliphatic rings. The zero-order valence-electron chi connectivity index (χ0n) is 15.6. The zero-order valence-corrected chi connectivity index (χ0v) is 16.4. The lowest BCUT2D eigenvalue weighted by molar-refractivity contribution is -0.130. The number of amides is 2. The van der Waals surface area contributed by atoms with E-state index in [2.05, 4.69) is 10.0 Å². The molecular formula is C19H27N3O4S. The van der Waals surface area contributed by atoms with Crippen molar-refractivity contribution >= 4 is 27.9 Å². The van der Waals surface area contributed by atoms with Crippen LogP contribution in [0.3, 0.4) is 0 Å². The van der Waals surface area contributed by atoms with E-state index in [0.29, 0.717) is 19.5 Å². The molecule has 1 fully saturated rings. The van der Waals surface area contributed by atoms with Crippen molar-refractivity contribution in [3.63, 3.8) is 0 Å². The van der Waals surface area contributed by atoms with Crippen LogP contribution in [0.4, 0.5) is 0 Å². The minimum atomic E-state index is -3.46. The molecule has 148 valence electrons. The fraction of sp³-hybridized carbons (Fsp3) is 0.474. The highest BCUT2D eigenvalue weighted by atomic mass is 32.2. The molecule has 0 radical (unpaired) electrons. The molecule has 2 amide bonds. The van der Waals surface area contributed by atoms with Gasteiger partial charge in [-0.3, -0.25) is 9.59 Å². The smallest absolute Gasteiger partial charge is 0.244 e. The van der Waals surface area contributed by atoms with Gasteiger partial charge in [-0.05, 0) is 50.1 Å². The number of carbonyl (C=O) groups is 2. The fourth-order valence-electron chi connectivity index (χ4n) is 2.86. The molecule has 2 N–H and O–H groups in total. The van der Waals surface area contributed by atoms with Crippen molar-refractivity contribution in [2.45, 2.75) is 37.0 Å². The second-order valence-electron chi connectivity index (χ2n) is 6.45. The molecular weight excluding hydrogens is 366 g/mol. The maximum absolute atomic E-state index is 11.9. The van der Waals surface area contributed by atoms with Crippen molar-refractivity contribution in [3.05, 3.63) is 35.9 Å². The maximum Gasteiger partial charge on any atom is 0.244 e. The predicted octanol–water partition coefficient (Wildman–Crippen LogP) is 1.52. The van der Waals surface area contributed by atoms with Crippen molar-refractivity contribution in [2.75, 3.05) is 26.7 Å². The van der Waals surface area contributed by atoms with Gasteiger partial charge in [0.1, 0.15) is 0 Å². The molecule has 8 heteroatoms. The van der Waals surface area contributed by atoms with Crippen LogP contribution in [0.1, 0.15) is 37.7 Å². The molecule has 0 aromatic heterocycles. The summed E-state index contributed by atoms with van der Waals surface area (Å²) in [4.78, 5) is 25.8. The second-order valence-corrected chi connectivity index (χ2v) is 8.33. The van der Waals surface area contributed by atoms with Crippen LogP contribution >= 0.6 is 0 Å². The van der Waals surface area contributed by atoms with Gasteiger partial charge in [-0.25, -0.2) is 13.1 Å². The van der Waals surface area contributed by atoms with Gasteiger partial charge >= 0.3 is 0 Å². The van der Waals surface area contributed by atoms with E-state index in [-0.39, 0.29) is 16.7 Å². The Hall–Kier alpha value is -2.19. The molecule has 2 rings (SSSR count). The molecule has 0 bridgehead atoms. The molecule has 1 aromatic carbocycles. The van der Waals surface area contributed by atoms with Crippen LogP contribution in [-0.2, 0) is 19.6 Å². The van der Waals surface area contributed by atoms with E-state index in [4.69, 9.17) is 0 Å². The Labute approximate surface area is 160 Å². The Kier molecular flexibility index (Phi) is 7.99. The number of likely N-dealkylation sites (tertiary alicyclic amines) is 1. The predicted molar refractivity (Wildman–Crippen MR) is 104 cm³/mol. The van der Waals surface area contributed by atoms with Crippen molar-refractivity contribution in [2.24, 2.45) is 0 Å². The standard InChI is InChI=1S/C19H27N3O4S/c1-20-27(25,26)17-10-7-16(8-11-17)9-12-18(23)21-13-5-15-22-14-4-2-3-6-19(22)24/h7-12,20H,2-6,13-15H2,1H3,(H,21,23)/b12-9+. The number of nitrogens with zero attached hydrogens (tertiary/aromatic N) is 1. The van der Waals surface area contributed by atoms with E-state index < -0.39 is 10.0 Å². The van der Waals surface area contributed by atoms with Crippen molar-refractivity contribution in [1.82, 2.24) is 14.9 Å². The molecule has 1 saturated heterocycles. The van der Waals surface area contributed by atoms with Crippen LogP contribution in [-0.4, -0.2) is 51.8 Å². The molecule has 1 aliphatic heterocycles. The monoisotopic (exact) mass is 393 g/mol. The lowest BCUT2D eigenvalue weighted by Gasteiger charge is -2.20. The quantitative estimate of drug-likeness (QED) is 0.517. The van der Waals surface area contributed by atoms with Crippen LogP contribution in [0.15, 0.2) is 35.2 Å². The van der Waals surface area contributed by atoms with Gasteiger partial charge in [0.2, 0.25) is 21.8 Å². The number of hydrogen-bond donors (Lipinski definition) is 2. The lowest BCUT2D eigenvalue weighted by Crippen LogP contribution is -2.33. The maximum atomic E-state index is 11.9. The van der Waals surface area contributed by atoms with Gasteiger partial charge in [-0.1, -0.05) is 18.6 Å². The van der Waals surface area contributed by atoms with E-state index in [9.17, 15) is 18.0 Å². The molecule has 27 heavy (non-hydrogen) atoms. The first-order chi connectivity index (χ1) is 12.9. The summed E-state index contributed by atoms with van der Waals surface area (Å²) in [5.74, 6) is -0.00780. The number of carbonyl (C=O) groups excluding carboxylic acids is 2. The van der Waals surface area contributed by atoms with Crippen LogP contribution in [0.2, 0.25) is 0 Å². The summed E-state index contributed by atoms with van der Waals surface area (Å²) in [7, 11) is -2.10. The first-order valence-electron chi connectivity index (χ1n) is 9.20. The third-order valence-corrected chi connectivity index (χ3v) is 5.89. The topological polar surface area (TPSA) is 95.6 Å². The highest BCUT2D eigenvalue weighted by Gasteiger charge is 2.15. The van der Waals surface area contributed by atoms with Gasteiger partial charge in [-0.2, -0.15) is 0 Å². The normalized spacial score (nSPS) is 15.7. The van der Waals surface area contributed by atoms with Gasteiger partial charge in [0.25, 0.3) is 0 Å². The first-order valence-corrected chi connectivity index (χ1v) is 10.7. The highest BCUT2D eigenvalue weighted by Crippen LogP contribution is 2.12. The molecule has 0 aliphatic carbocycles. The molecule has 1 aromatic rings. The van der Waals surface area contributed by atoms with Crippen LogP contribution in [0.5, 0.6) is 0 Å². The summed E-state index contributed by atoms with van der Waals surface area (Å²) in [6.07, 6.45) is 7.52. The van der Waals surface area contributed by atoms with Crippen molar-refractivity contribution < 1.29 is 18.0 Å². The summed E-state index contributed by atoms with van der Waals surface area (Å²) in [5, 5.41) is 2.80. The largest absolute Gasteiger partial charge is 0.352 e. The minimum absolute atomic E-state index is 0.176. The lowest BCUT2D eigenvalue weighted by atomic mass is 10.2. The van der Waals surface area contributed by atoms with Crippen molar-refractivity contribution in [1.29, 1.82) is 0 Å². The third kappa shape index (κ3) is 6.80. The number of rotatable bonds is 8. The van der Waals surface area contributed by atoms with Gasteiger partial charge < -0.3 is 10.2 Å². The summed E-state index contributed by atoms with van der Waals surface area (Å²) in [5.41, 5.74) is 0.732. The molecule has 7 nitrogen and oxygen atoms in total. The summed E-state index contributed by atoms with van der Waals surface area (Å²) >= 11 is 0. The first kappa shape index (κ1) is 21.1.